The van der Waals surface area contributed by atoms with E-state index in [1.165, 1.54) is 0 Å². The zero-order chi connectivity index (χ0) is 15.3. The summed E-state index contributed by atoms with van der Waals surface area (Å²) < 4.78 is 0. The molecular formula is C15H28N2O3. The van der Waals surface area contributed by atoms with Crippen molar-refractivity contribution in [3.05, 3.63) is 0 Å². The Bertz CT molecular complexity index is 344. The summed E-state index contributed by atoms with van der Waals surface area (Å²) in [5, 5.41) is 14.8. The molecule has 0 radical (unpaired) electrons. The Balaban J connectivity index is 2.57. The lowest BCUT2D eigenvalue weighted by molar-refractivity contribution is -0.141. The van der Waals surface area contributed by atoms with Gasteiger partial charge in [0, 0.05) is 6.04 Å². The molecule has 0 bridgehead atoms. The number of carbonyl (C=O) groups is 2. The van der Waals surface area contributed by atoms with E-state index < -0.39 is 12.0 Å². The highest BCUT2D eigenvalue weighted by molar-refractivity contribution is 5.82. The Hall–Kier alpha value is -1.26. The first-order valence-electron chi connectivity index (χ1n) is 7.51. The first-order chi connectivity index (χ1) is 9.21. The molecule has 0 saturated heterocycles. The van der Waals surface area contributed by atoms with Gasteiger partial charge in [0.05, 0.1) is 0 Å². The molecule has 3 N–H and O–H groups in total. The lowest BCUT2D eigenvalue weighted by atomic mass is 9.84. The van der Waals surface area contributed by atoms with Crippen molar-refractivity contribution in [2.45, 2.75) is 71.9 Å². The number of urea groups is 1. The molecule has 0 aromatic heterocycles. The van der Waals surface area contributed by atoms with Crippen LogP contribution in [0, 0.1) is 11.3 Å². The second kappa shape index (κ2) is 6.95. The second-order valence-corrected chi connectivity index (χ2v) is 6.92. The molecule has 116 valence electrons. The number of rotatable bonds is 4. The van der Waals surface area contributed by atoms with Crippen LogP contribution < -0.4 is 10.6 Å². The number of nitrogens with one attached hydrogen (secondary N) is 2. The fourth-order valence-electron chi connectivity index (χ4n) is 2.44. The minimum absolute atomic E-state index is 0.0247. The highest BCUT2D eigenvalue weighted by atomic mass is 16.4. The minimum atomic E-state index is -0.935. The molecule has 0 aromatic carbocycles. The molecule has 1 aliphatic carbocycles. The molecule has 1 rings (SSSR count). The number of carbonyl (C=O) groups excluding carboxylic acids is 1. The third-order valence-electron chi connectivity index (χ3n) is 4.32. The van der Waals surface area contributed by atoms with E-state index in [9.17, 15) is 14.7 Å². The predicted octanol–water partition coefficient (Wildman–Crippen LogP) is 2.75. The Morgan fingerprint density at radius 1 is 1.10 bits per heavy atom. The molecule has 5 heteroatoms. The van der Waals surface area contributed by atoms with Crippen molar-refractivity contribution < 1.29 is 14.7 Å². The summed E-state index contributed by atoms with van der Waals surface area (Å²) in [6, 6.07) is -1.18. The van der Waals surface area contributed by atoms with Crippen molar-refractivity contribution in [3.8, 4) is 0 Å². The van der Waals surface area contributed by atoms with Crippen LogP contribution in [-0.2, 0) is 4.79 Å². The van der Waals surface area contributed by atoms with Crippen molar-refractivity contribution in [1.29, 1.82) is 0 Å². The van der Waals surface area contributed by atoms with Crippen molar-refractivity contribution in [1.82, 2.24) is 10.6 Å². The highest BCUT2D eigenvalue weighted by Crippen LogP contribution is 2.26. The van der Waals surface area contributed by atoms with Crippen molar-refractivity contribution in [3.63, 3.8) is 0 Å². The molecule has 1 aliphatic rings. The molecule has 1 fully saturated rings. The van der Waals surface area contributed by atoms with Crippen LogP contribution in [0.1, 0.15) is 59.8 Å². The molecule has 0 spiro atoms. The smallest absolute Gasteiger partial charge is 0.326 e. The van der Waals surface area contributed by atoms with Crippen LogP contribution in [0.2, 0.25) is 0 Å². The normalized spacial score (nSPS) is 20.0. The van der Waals surface area contributed by atoms with Gasteiger partial charge in [-0.3, -0.25) is 0 Å². The summed E-state index contributed by atoms with van der Waals surface area (Å²) in [5.74, 6) is -0.882. The number of hydrogen-bond donors (Lipinski definition) is 3. The first-order valence-corrected chi connectivity index (χ1v) is 7.51. The summed E-state index contributed by atoms with van der Waals surface area (Å²) >= 11 is 0. The van der Waals surface area contributed by atoms with Gasteiger partial charge in [0.1, 0.15) is 6.04 Å². The lowest BCUT2D eigenvalue weighted by Crippen LogP contribution is -2.53. The van der Waals surface area contributed by atoms with Gasteiger partial charge in [-0.25, -0.2) is 9.59 Å². The Morgan fingerprint density at radius 3 is 2.10 bits per heavy atom. The van der Waals surface area contributed by atoms with Crippen molar-refractivity contribution in [2.24, 2.45) is 11.3 Å². The summed E-state index contributed by atoms with van der Waals surface area (Å²) in [5.41, 5.74) is -0.0547. The third-order valence-corrected chi connectivity index (χ3v) is 4.32. The minimum Gasteiger partial charge on any atom is -0.480 e. The van der Waals surface area contributed by atoms with Crippen LogP contribution in [0.25, 0.3) is 0 Å². The largest absolute Gasteiger partial charge is 0.480 e. The number of carboxylic acid groups (broad SMARTS) is 1. The van der Waals surface area contributed by atoms with Gasteiger partial charge < -0.3 is 15.7 Å². The molecule has 0 aromatic rings. The van der Waals surface area contributed by atoms with Gasteiger partial charge in [-0.2, -0.15) is 0 Å². The predicted molar refractivity (Wildman–Crippen MR) is 78.6 cm³/mol. The topological polar surface area (TPSA) is 78.4 Å². The molecule has 5 nitrogen and oxygen atoms in total. The maximum absolute atomic E-state index is 12.0. The van der Waals surface area contributed by atoms with Gasteiger partial charge in [-0.15, -0.1) is 0 Å². The van der Waals surface area contributed by atoms with E-state index in [1.807, 2.05) is 27.7 Å². The third kappa shape index (κ3) is 5.02. The first kappa shape index (κ1) is 16.8. The molecule has 2 unspecified atom stereocenters. The van der Waals surface area contributed by atoms with Gasteiger partial charge in [0.15, 0.2) is 0 Å². The number of aliphatic carboxylic acids is 1. The second-order valence-electron chi connectivity index (χ2n) is 6.92. The van der Waals surface area contributed by atoms with E-state index in [0.717, 1.165) is 32.1 Å². The highest BCUT2D eigenvalue weighted by Gasteiger charge is 2.31. The van der Waals surface area contributed by atoms with E-state index in [-0.39, 0.29) is 23.4 Å². The maximum atomic E-state index is 12.0. The fraction of sp³-hybridized carbons (Fsp3) is 0.867. The quantitative estimate of drug-likeness (QED) is 0.742. The van der Waals surface area contributed by atoms with Crippen LogP contribution >= 0.6 is 0 Å². The molecule has 20 heavy (non-hydrogen) atoms. The van der Waals surface area contributed by atoms with Crippen LogP contribution in [0.3, 0.4) is 0 Å². The maximum Gasteiger partial charge on any atom is 0.326 e. The summed E-state index contributed by atoms with van der Waals surface area (Å²) in [6.07, 6.45) is 5.03. The van der Waals surface area contributed by atoms with Gasteiger partial charge in [0.2, 0.25) is 0 Å². The Kier molecular flexibility index (Phi) is 5.84. The van der Waals surface area contributed by atoms with Crippen molar-refractivity contribution >= 4 is 12.0 Å². The Morgan fingerprint density at radius 2 is 1.65 bits per heavy atom. The van der Waals surface area contributed by atoms with Gasteiger partial charge in [0.25, 0.3) is 0 Å². The van der Waals surface area contributed by atoms with Gasteiger partial charge >= 0.3 is 12.0 Å². The van der Waals surface area contributed by atoms with E-state index in [0.29, 0.717) is 0 Å². The summed E-state index contributed by atoms with van der Waals surface area (Å²) in [4.78, 5) is 23.3. The number of carboxylic acids is 1. The standard InChI is InChI=1S/C15H28N2O3/c1-10(15(2,3)4)16-14(20)17-12(13(18)19)11-8-6-5-7-9-11/h10-12H,5-9H2,1-4H3,(H,18,19)(H2,16,17,20). The van der Waals surface area contributed by atoms with E-state index in [4.69, 9.17) is 0 Å². The van der Waals surface area contributed by atoms with Crippen LogP contribution in [0.15, 0.2) is 0 Å². The average molecular weight is 284 g/mol. The number of amides is 2. The Labute approximate surface area is 121 Å². The van der Waals surface area contributed by atoms with Gasteiger partial charge in [-0.1, -0.05) is 40.0 Å². The SMILES string of the molecule is CC(NC(=O)NC(C(=O)O)C1CCCCC1)C(C)(C)C. The van der Waals surface area contributed by atoms with E-state index in [2.05, 4.69) is 10.6 Å². The molecular weight excluding hydrogens is 256 g/mol. The molecule has 0 heterocycles. The summed E-state index contributed by atoms with van der Waals surface area (Å²) in [6.45, 7) is 8.03. The molecule has 2 amide bonds. The molecule has 1 saturated carbocycles. The van der Waals surface area contributed by atoms with Gasteiger partial charge in [-0.05, 0) is 31.1 Å². The van der Waals surface area contributed by atoms with E-state index >= 15 is 0 Å². The fourth-order valence-corrected chi connectivity index (χ4v) is 2.44. The van der Waals surface area contributed by atoms with Crippen molar-refractivity contribution in [2.75, 3.05) is 0 Å². The monoisotopic (exact) mass is 284 g/mol. The number of hydrogen-bond acceptors (Lipinski definition) is 2. The molecule has 0 aliphatic heterocycles. The van der Waals surface area contributed by atoms with E-state index in [1.54, 1.807) is 0 Å². The zero-order valence-corrected chi connectivity index (χ0v) is 13.0. The van der Waals surface area contributed by atoms with Crippen LogP contribution in [0.5, 0.6) is 0 Å². The average Bonchev–Trinajstić information content (AvgIpc) is 2.35. The van der Waals surface area contributed by atoms with Crippen LogP contribution in [0.4, 0.5) is 4.79 Å². The zero-order valence-electron chi connectivity index (χ0n) is 13.0. The van der Waals surface area contributed by atoms with Crippen LogP contribution in [-0.4, -0.2) is 29.2 Å². The molecule has 2 atom stereocenters. The summed E-state index contributed by atoms with van der Waals surface area (Å²) in [7, 11) is 0. The lowest BCUT2D eigenvalue weighted by Gasteiger charge is -2.31.